The maximum atomic E-state index is 12.6. The molecule has 1 aromatic carbocycles. The summed E-state index contributed by atoms with van der Waals surface area (Å²) in [5, 5.41) is 9.50. The third-order valence-electron chi connectivity index (χ3n) is 4.72. The lowest BCUT2D eigenvalue weighted by Crippen LogP contribution is -2.42. The molecule has 0 aliphatic carbocycles. The monoisotopic (exact) mass is 404 g/mol. The van der Waals surface area contributed by atoms with Crippen LogP contribution >= 0.6 is 23.2 Å². The summed E-state index contributed by atoms with van der Waals surface area (Å²) >= 11 is 12.0. The van der Waals surface area contributed by atoms with Gasteiger partial charge in [0, 0.05) is 36.3 Å². The molecule has 6 nitrogen and oxygen atoms in total. The molecule has 4 rings (SSSR count). The molecule has 0 N–H and O–H groups in total. The maximum Gasteiger partial charge on any atom is 0.260 e. The first kappa shape index (κ1) is 18.1. The van der Waals surface area contributed by atoms with E-state index >= 15 is 0 Å². The van der Waals surface area contributed by atoms with E-state index in [1.165, 1.54) is 0 Å². The van der Waals surface area contributed by atoms with E-state index in [2.05, 4.69) is 10.2 Å². The minimum absolute atomic E-state index is 0.0760. The first-order valence-corrected chi connectivity index (χ1v) is 9.52. The van der Waals surface area contributed by atoms with Gasteiger partial charge in [0.15, 0.2) is 12.3 Å². The van der Waals surface area contributed by atoms with Gasteiger partial charge < -0.3 is 9.64 Å². The Morgan fingerprint density at radius 1 is 1.22 bits per heavy atom. The molecule has 1 amide bonds. The number of carbonyl (C=O) groups is 1. The van der Waals surface area contributed by atoms with Crippen LogP contribution in [0.3, 0.4) is 0 Å². The lowest BCUT2D eigenvalue weighted by Gasteiger charge is -2.32. The van der Waals surface area contributed by atoms with Gasteiger partial charge in [0.2, 0.25) is 0 Å². The number of fused-ring (bicyclic) bond motifs is 1. The van der Waals surface area contributed by atoms with Crippen LogP contribution in [-0.2, 0) is 4.79 Å². The Balaban J connectivity index is 1.43. The molecule has 0 bridgehead atoms. The predicted octanol–water partition coefficient (Wildman–Crippen LogP) is 3.82. The van der Waals surface area contributed by atoms with Crippen LogP contribution in [0.25, 0.3) is 5.65 Å². The Labute approximate surface area is 166 Å². The largest absolute Gasteiger partial charge is 0.482 e. The Morgan fingerprint density at radius 3 is 3.00 bits per heavy atom. The van der Waals surface area contributed by atoms with Crippen LogP contribution in [-0.4, -0.2) is 45.1 Å². The fourth-order valence-electron chi connectivity index (χ4n) is 3.37. The van der Waals surface area contributed by atoms with Crippen molar-refractivity contribution in [1.29, 1.82) is 0 Å². The van der Waals surface area contributed by atoms with Gasteiger partial charge in [0.05, 0.1) is 5.02 Å². The topological polar surface area (TPSA) is 59.7 Å². The van der Waals surface area contributed by atoms with Gasteiger partial charge in [-0.25, -0.2) is 0 Å². The summed E-state index contributed by atoms with van der Waals surface area (Å²) in [6.45, 7) is 1.23. The summed E-state index contributed by atoms with van der Waals surface area (Å²) in [5.74, 6) is 1.37. The average Bonchev–Trinajstić information content (AvgIpc) is 3.13. The van der Waals surface area contributed by atoms with Crippen molar-refractivity contribution in [2.45, 2.75) is 18.8 Å². The van der Waals surface area contributed by atoms with Crippen LogP contribution in [0.5, 0.6) is 5.75 Å². The van der Waals surface area contributed by atoms with E-state index in [9.17, 15) is 4.79 Å². The summed E-state index contributed by atoms with van der Waals surface area (Å²) < 4.78 is 7.58. The molecule has 1 atom stereocenters. The van der Waals surface area contributed by atoms with Crippen molar-refractivity contribution in [2.75, 3.05) is 19.7 Å². The molecule has 3 aromatic rings. The molecule has 0 radical (unpaired) electrons. The molecule has 2 aromatic heterocycles. The fraction of sp³-hybridized carbons (Fsp3) is 0.316. The molecule has 1 fully saturated rings. The van der Waals surface area contributed by atoms with E-state index < -0.39 is 0 Å². The number of pyridine rings is 1. The molecule has 1 unspecified atom stereocenters. The van der Waals surface area contributed by atoms with E-state index in [4.69, 9.17) is 27.9 Å². The summed E-state index contributed by atoms with van der Waals surface area (Å²) in [7, 11) is 0. The lowest BCUT2D eigenvalue weighted by atomic mass is 9.97. The zero-order valence-electron chi connectivity index (χ0n) is 14.5. The summed E-state index contributed by atoms with van der Waals surface area (Å²) in [6.07, 6.45) is 3.84. The number of aromatic nitrogens is 3. The average molecular weight is 405 g/mol. The van der Waals surface area contributed by atoms with Gasteiger partial charge in [-0.3, -0.25) is 9.20 Å². The van der Waals surface area contributed by atoms with Crippen LogP contribution in [0, 0.1) is 0 Å². The summed E-state index contributed by atoms with van der Waals surface area (Å²) in [6, 6.07) is 10.7. The Hall–Kier alpha value is -2.31. The highest BCUT2D eigenvalue weighted by molar-refractivity contribution is 6.34. The van der Waals surface area contributed by atoms with Gasteiger partial charge in [0.1, 0.15) is 11.6 Å². The second-order valence-corrected chi connectivity index (χ2v) is 7.37. The number of piperidine rings is 1. The lowest BCUT2D eigenvalue weighted by molar-refractivity contribution is -0.134. The van der Waals surface area contributed by atoms with Gasteiger partial charge in [-0.2, -0.15) is 0 Å². The van der Waals surface area contributed by atoms with Crippen molar-refractivity contribution in [1.82, 2.24) is 19.5 Å². The SMILES string of the molecule is O=C(COc1cc(Cl)ccc1Cl)N1CCCC(c2nnc3ccccn23)C1. The standard InChI is InChI=1S/C19H18Cl2N4O2/c20-14-6-7-15(21)16(10-14)27-12-18(26)24-8-3-4-13(11-24)19-23-22-17-5-1-2-9-25(17)19/h1-2,5-7,9-10,13H,3-4,8,11-12H2. The van der Waals surface area contributed by atoms with E-state index in [0.29, 0.717) is 28.9 Å². The quantitative estimate of drug-likeness (QED) is 0.662. The number of amides is 1. The number of rotatable bonds is 4. The van der Waals surface area contributed by atoms with Crippen molar-refractivity contribution in [2.24, 2.45) is 0 Å². The second-order valence-electron chi connectivity index (χ2n) is 6.53. The third-order valence-corrected chi connectivity index (χ3v) is 5.27. The number of hydrogen-bond donors (Lipinski definition) is 0. The highest BCUT2D eigenvalue weighted by Gasteiger charge is 2.28. The van der Waals surface area contributed by atoms with Gasteiger partial charge in [0.25, 0.3) is 5.91 Å². The van der Waals surface area contributed by atoms with Crippen LogP contribution in [0.2, 0.25) is 10.0 Å². The van der Waals surface area contributed by atoms with Crippen LogP contribution in [0.15, 0.2) is 42.6 Å². The van der Waals surface area contributed by atoms with Crippen LogP contribution < -0.4 is 4.74 Å². The molecule has 27 heavy (non-hydrogen) atoms. The minimum atomic E-state index is -0.0791. The molecule has 0 spiro atoms. The predicted molar refractivity (Wildman–Crippen MR) is 103 cm³/mol. The molecular weight excluding hydrogens is 387 g/mol. The van der Waals surface area contributed by atoms with Gasteiger partial charge in [-0.15, -0.1) is 10.2 Å². The minimum Gasteiger partial charge on any atom is -0.482 e. The molecular formula is C19H18Cl2N4O2. The zero-order valence-corrected chi connectivity index (χ0v) is 16.0. The molecule has 0 saturated carbocycles. The second kappa shape index (κ2) is 7.74. The third kappa shape index (κ3) is 3.87. The number of nitrogens with zero attached hydrogens (tertiary/aromatic N) is 4. The normalized spacial score (nSPS) is 17.3. The van der Waals surface area contributed by atoms with Gasteiger partial charge in [-0.05, 0) is 37.1 Å². The van der Waals surface area contributed by atoms with E-state index in [-0.39, 0.29) is 18.4 Å². The zero-order chi connectivity index (χ0) is 18.8. The molecule has 1 saturated heterocycles. The Morgan fingerprint density at radius 2 is 2.11 bits per heavy atom. The first-order valence-electron chi connectivity index (χ1n) is 8.77. The maximum absolute atomic E-state index is 12.6. The smallest absolute Gasteiger partial charge is 0.260 e. The van der Waals surface area contributed by atoms with Gasteiger partial charge >= 0.3 is 0 Å². The number of halogens is 2. The first-order chi connectivity index (χ1) is 13.1. The van der Waals surface area contributed by atoms with E-state index in [0.717, 1.165) is 24.3 Å². The highest BCUT2D eigenvalue weighted by Crippen LogP contribution is 2.29. The molecule has 1 aliphatic heterocycles. The number of benzene rings is 1. The van der Waals surface area contributed by atoms with Crippen molar-refractivity contribution in [3.8, 4) is 5.75 Å². The van der Waals surface area contributed by atoms with Crippen molar-refractivity contribution in [3.63, 3.8) is 0 Å². The van der Waals surface area contributed by atoms with Crippen LogP contribution in [0.4, 0.5) is 0 Å². The molecule has 3 heterocycles. The van der Waals surface area contributed by atoms with Crippen molar-refractivity contribution in [3.05, 3.63) is 58.5 Å². The molecule has 8 heteroatoms. The Kier molecular flexibility index (Phi) is 5.18. The Bertz CT molecular complexity index is 975. The fourth-order valence-corrected chi connectivity index (χ4v) is 3.71. The highest BCUT2D eigenvalue weighted by atomic mass is 35.5. The molecule has 140 valence electrons. The van der Waals surface area contributed by atoms with Crippen LogP contribution in [0.1, 0.15) is 24.6 Å². The summed E-state index contributed by atoms with van der Waals surface area (Å²) in [5.41, 5.74) is 0.815. The summed E-state index contributed by atoms with van der Waals surface area (Å²) in [4.78, 5) is 14.4. The molecule has 1 aliphatic rings. The number of ether oxygens (including phenoxy) is 1. The van der Waals surface area contributed by atoms with E-state index in [1.807, 2.05) is 33.7 Å². The van der Waals surface area contributed by atoms with E-state index in [1.54, 1.807) is 18.2 Å². The van der Waals surface area contributed by atoms with Crippen molar-refractivity contribution < 1.29 is 9.53 Å². The number of carbonyl (C=O) groups excluding carboxylic acids is 1. The number of hydrogen-bond acceptors (Lipinski definition) is 4. The van der Waals surface area contributed by atoms with Gasteiger partial charge in [-0.1, -0.05) is 29.3 Å². The number of likely N-dealkylation sites (tertiary alicyclic amines) is 1. The van der Waals surface area contributed by atoms with Crippen molar-refractivity contribution >= 4 is 34.8 Å².